The maximum atomic E-state index is 13.5. The average molecular weight is 625 g/mol. The summed E-state index contributed by atoms with van der Waals surface area (Å²) in [5.41, 5.74) is 3.29. The molecule has 234 valence electrons. The van der Waals surface area contributed by atoms with Crippen molar-refractivity contribution in [2.45, 2.75) is 43.9 Å². The van der Waals surface area contributed by atoms with Crippen LogP contribution in [0.25, 0.3) is 0 Å². The molecule has 2 saturated heterocycles. The number of piperazine rings is 1. The van der Waals surface area contributed by atoms with Gasteiger partial charge in [-0.05, 0) is 60.7 Å². The highest BCUT2D eigenvalue weighted by atomic mass is 32.2. The van der Waals surface area contributed by atoms with E-state index in [2.05, 4.69) is 26.7 Å². The second kappa shape index (κ2) is 16.3. The fourth-order valence-electron chi connectivity index (χ4n) is 5.08. The van der Waals surface area contributed by atoms with Gasteiger partial charge in [-0.1, -0.05) is 36.4 Å². The summed E-state index contributed by atoms with van der Waals surface area (Å²) >= 11 is 1.45. The van der Waals surface area contributed by atoms with Gasteiger partial charge in [0.25, 0.3) is 5.91 Å². The third kappa shape index (κ3) is 8.87. The van der Waals surface area contributed by atoms with E-state index >= 15 is 0 Å². The Morgan fingerprint density at radius 2 is 1.80 bits per heavy atom. The summed E-state index contributed by atoms with van der Waals surface area (Å²) in [6, 6.07) is 11.4. The highest BCUT2D eigenvalue weighted by molar-refractivity contribution is 7.97. The minimum Gasteiger partial charge on any atom is -0.496 e. The van der Waals surface area contributed by atoms with E-state index in [1.54, 1.807) is 24.5 Å². The predicted octanol–water partition coefficient (Wildman–Crippen LogP) is 4.63. The molecule has 1 atom stereocenters. The smallest absolute Gasteiger partial charge is 0.255 e. The fourth-order valence-corrected chi connectivity index (χ4v) is 6.01. The first kappa shape index (κ1) is 33.1. The molecule has 44 heavy (non-hydrogen) atoms. The number of allylic oxidation sites excluding steroid dienone is 3. The number of hydrogen-bond acceptors (Lipinski definition) is 7. The number of carbonyl (C=O) groups excluding carboxylic acids is 3. The Morgan fingerprint density at radius 3 is 2.45 bits per heavy atom. The maximum absolute atomic E-state index is 13.5. The Bertz CT molecular complexity index is 1400. The van der Waals surface area contributed by atoms with Crippen LogP contribution in [0.15, 0.2) is 83.0 Å². The van der Waals surface area contributed by atoms with Gasteiger partial charge in [-0.3, -0.25) is 14.5 Å². The molecule has 0 bridgehead atoms. The number of likely N-dealkylation sites (N-methyl/N-ethyl adjacent to an activating group) is 1. The van der Waals surface area contributed by atoms with Gasteiger partial charge >= 0.3 is 0 Å². The third-order valence-corrected chi connectivity index (χ3v) is 8.57. The van der Waals surface area contributed by atoms with Gasteiger partial charge in [0.2, 0.25) is 5.91 Å². The number of nitrogens with one attached hydrogen (secondary N) is 1. The number of hydrogen-bond donors (Lipinski definition) is 1. The highest BCUT2D eigenvalue weighted by Gasteiger charge is 2.38. The van der Waals surface area contributed by atoms with E-state index in [0.29, 0.717) is 22.6 Å². The van der Waals surface area contributed by atoms with Gasteiger partial charge < -0.3 is 19.7 Å². The van der Waals surface area contributed by atoms with Crippen molar-refractivity contribution in [2.24, 2.45) is 0 Å². The largest absolute Gasteiger partial charge is 0.496 e. The van der Waals surface area contributed by atoms with Crippen molar-refractivity contribution >= 4 is 30.0 Å². The van der Waals surface area contributed by atoms with Gasteiger partial charge in [0.05, 0.1) is 12.8 Å². The molecule has 4 rings (SSSR count). The van der Waals surface area contributed by atoms with Gasteiger partial charge in [0, 0.05) is 62.2 Å². The first-order valence-corrected chi connectivity index (χ1v) is 15.4. The number of aldehydes is 1. The molecule has 2 aromatic rings. The summed E-state index contributed by atoms with van der Waals surface area (Å²) in [6.45, 7) is 6.55. The van der Waals surface area contributed by atoms with Gasteiger partial charge in [-0.15, -0.1) is 0 Å². The second-order valence-corrected chi connectivity index (χ2v) is 11.7. The first-order valence-electron chi connectivity index (χ1n) is 14.6. The molecule has 2 heterocycles. The highest BCUT2D eigenvalue weighted by Crippen LogP contribution is 2.28. The lowest BCUT2D eigenvalue weighted by molar-refractivity contribution is -0.136. The molecule has 0 spiro atoms. The van der Waals surface area contributed by atoms with Crippen LogP contribution < -0.4 is 5.32 Å². The van der Waals surface area contributed by atoms with Gasteiger partial charge in [0.1, 0.15) is 18.9 Å². The molecule has 2 amide bonds. The van der Waals surface area contributed by atoms with Crippen molar-refractivity contribution in [1.29, 1.82) is 0 Å². The lowest BCUT2D eigenvalue weighted by Gasteiger charge is -2.33. The van der Waals surface area contributed by atoms with Crippen molar-refractivity contribution in [1.82, 2.24) is 19.4 Å². The zero-order valence-electron chi connectivity index (χ0n) is 25.0. The van der Waals surface area contributed by atoms with Crippen molar-refractivity contribution in [2.75, 3.05) is 39.8 Å². The minimum absolute atomic E-state index is 0.177. The number of nitrogens with zero attached hydrogens (tertiary/aromatic N) is 3. The lowest BCUT2D eigenvalue weighted by Crippen LogP contribution is -2.46. The topological polar surface area (TPSA) is 82.2 Å². The minimum atomic E-state index is -0.836. The molecule has 2 aliphatic heterocycles. The molecule has 8 nitrogen and oxygen atoms in total. The van der Waals surface area contributed by atoms with Crippen molar-refractivity contribution in [3.8, 4) is 0 Å². The van der Waals surface area contributed by atoms with E-state index in [0.717, 1.165) is 50.6 Å². The number of carbonyl (C=O) groups is 3. The van der Waals surface area contributed by atoms with E-state index in [4.69, 9.17) is 4.74 Å². The zero-order valence-corrected chi connectivity index (χ0v) is 25.8. The Kier molecular flexibility index (Phi) is 12.3. The average Bonchev–Trinajstić information content (AvgIpc) is 3.33. The summed E-state index contributed by atoms with van der Waals surface area (Å²) in [7, 11) is 1.51. The summed E-state index contributed by atoms with van der Waals surface area (Å²) in [5.74, 6) is -2.25. The zero-order chi connectivity index (χ0) is 31.5. The summed E-state index contributed by atoms with van der Waals surface area (Å²) in [5, 5.41) is 2.59. The summed E-state index contributed by atoms with van der Waals surface area (Å²) in [6.07, 6.45) is 8.07. The van der Waals surface area contributed by atoms with Gasteiger partial charge in [-0.2, -0.15) is 0 Å². The van der Waals surface area contributed by atoms with Crippen LogP contribution in [0.4, 0.5) is 8.78 Å². The molecule has 0 aliphatic carbocycles. The Hall–Kier alpha value is -3.80. The van der Waals surface area contributed by atoms with Crippen LogP contribution in [-0.2, 0) is 32.3 Å². The summed E-state index contributed by atoms with van der Waals surface area (Å²) in [4.78, 5) is 41.2. The second-order valence-electron chi connectivity index (χ2n) is 10.6. The standard InChI is InChI=1S/C33H38F2N4O4S/c1-3-4-6-28-26(21-39(33(28)42)31(7-5-18-40)32(41)36-2)23-43-22-25-10-8-24(9-11-25)20-37-14-16-38(17-15-37)44-27-12-13-29(34)30(35)19-27/h3-4,6,8-13,18-19,23,31H,5,7,14-17,20-22H2,1-2H3,(H,36,41)/b4-3-,26-23+,28-6+. The monoisotopic (exact) mass is 624 g/mol. The first-order chi connectivity index (χ1) is 21.3. The number of amides is 2. The summed E-state index contributed by atoms with van der Waals surface area (Å²) < 4.78 is 34.8. The van der Waals surface area contributed by atoms with Crippen molar-refractivity contribution in [3.63, 3.8) is 0 Å². The van der Waals surface area contributed by atoms with Crippen molar-refractivity contribution < 1.29 is 27.9 Å². The van der Waals surface area contributed by atoms with Crippen LogP contribution >= 0.6 is 11.9 Å². The van der Waals surface area contributed by atoms with E-state index in [1.807, 2.05) is 25.1 Å². The predicted molar refractivity (Wildman–Crippen MR) is 166 cm³/mol. The SMILES string of the molecule is C\C=C/C=C1/C(=O)N(C(CCC=O)C(=O)NC)C/C1=C\OCc1ccc(CN2CCN(Sc3ccc(F)c(F)c3)CC2)cc1. The number of benzene rings is 2. The third-order valence-electron chi connectivity index (χ3n) is 7.48. The van der Waals surface area contributed by atoms with E-state index < -0.39 is 17.7 Å². The van der Waals surface area contributed by atoms with E-state index in [9.17, 15) is 23.2 Å². The number of likely N-dealkylation sites (tertiary alicyclic amines) is 1. The molecule has 2 fully saturated rings. The Labute approximate surface area is 261 Å². The number of ether oxygens (including phenoxy) is 1. The van der Waals surface area contributed by atoms with Crippen LogP contribution in [0.1, 0.15) is 30.9 Å². The Morgan fingerprint density at radius 1 is 1.07 bits per heavy atom. The van der Waals surface area contributed by atoms with Crippen LogP contribution in [0.2, 0.25) is 0 Å². The number of halogens is 2. The molecular formula is C33H38F2N4O4S. The van der Waals surface area contributed by atoms with Crippen LogP contribution in [0.3, 0.4) is 0 Å². The number of rotatable bonds is 13. The molecule has 2 aliphatic rings. The molecule has 2 aromatic carbocycles. The molecular weight excluding hydrogens is 586 g/mol. The maximum Gasteiger partial charge on any atom is 0.255 e. The quantitative estimate of drug-likeness (QED) is 0.151. The molecule has 11 heteroatoms. The van der Waals surface area contributed by atoms with Crippen molar-refractivity contribution in [3.05, 3.63) is 101 Å². The van der Waals surface area contributed by atoms with Crippen LogP contribution in [-0.4, -0.2) is 78.0 Å². The van der Waals surface area contributed by atoms with E-state index in [1.165, 1.54) is 35.5 Å². The van der Waals surface area contributed by atoms with Gasteiger partial charge in [-0.25, -0.2) is 13.1 Å². The molecule has 1 unspecified atom stereocenters. The molecule has 1 N–H and O–H groups in total. The van der Waals surface area contributed by atoms with Gasteiger partial charge in [0.15, 0.2) is 11.6 Å². The molecule has 0 radical (unpaired) electrons. The lowest BCUT2D eigenvalue weighted by atomic mass is 10.1. The van der Waals surface area contributed by atoms with Crippen LogP contribution in [0, 0.1) is 11.6 Å². The Balaban J connectivity index is 1.29. The molecule has 0 saturated carbocycles. The van der Waals surface area contributed by atoms with E-state index in [-0.39, 0.29) is 31.2 Å². The fraction of sp³-hybridized carbons (Fsp3) is 0.364. The van der Waals surface area contributed by atoms with Crippen LogP contribution in [0.5, 0.6) is 0 Å². The molecule has 0 aromatic heterocycles. The normalized spacial score (nSPS) is 18.8.